The average molecular weight is 385 g/mol. The second kappa shape index (κ2) is 7.33. The summed E-state index contributed by atoms with van der Waals surface area (Å²) in [5.41, 5.74) is 5.71. The number of likely N-dealkylation sites (tertiary alicyclic amines) is 1. The van der Waals surface area contributed by atoms with E-state index in [9.17, 15) is 14.0 Å². The molecule has 1 aliphatic heterocycles. The van der Waals surface area contributed by atoms with Gasteiger partial charge in [-0.3, -0.25) is 9.59 Å². The van der Waals surface area contributed by atoms with Crippen molar-refractivity contribution in [2.45, 2.75) is 56.3 Å². The van der Waals surface area contributed by atoms with Crippen LogP contribution in [0.5, 0.6) is 0 Å². The topological polar surface area (TPSA) is 94.1 Å². The molecule has 8 heteroatoms. The Morgan fingerprint density at radius 3 is 2.57 bits per heavy atom. The highest BCUT2D eigenvalue weighted by molar-refractivity contribution is 5.90. The fraction of sp³-hybridized carbons (Fsp3) is 0.500. The lowest BCUT2D eigenvalue weighted by atomic mass is 9.77. The summed E-state index contributed by atoms with van der Waals surface area (Å²) in [6.07, 6.45) is 4.17. The molecule has 2 atom stereocenters. The number of amides is 2. The summed E-state index contributed by atoms with van der Waals surface area (Å²) in [6.45, 7) is 0.382. The average Bonchev–Trinajstić information content (AvgIpc) is 3.42. The Kier molecular flexibility index (Phi) is 4.87. The van der Waals surface area contributed by atoms with Crippen LogP contribution < -0.4 is 5.73 Å². The fourth-order valence-electron chi connectivity index (χ4n) is 4.63. The molecule has 2 N–H and O–H groups in total. The number of rotatable bonds is 5. The Bertz CT molecular complexity index is 862. The summed E-state index contributed by atoms with van der Waals surface area (Å²) < 4.78 is 15.8. The minimum absolute atomic E-state index is 0.00316. The van der Waals surface area contributed by atoms with E-state index in [0.29, 0.717) is 0 Å². The zero-order valence-corrected chi connectivity index (χ0v) is 15.6. The molecule has 1 aliphatic carbocycles. The molecule has 0 bridgehead atoms. The number of benzene rings is 1. The van der Waals surface area contributed by atoms with Gasteiger partial charge in [-0.2, -0.15) is 0 Å². The quantitative estimate of drug-likeness (QED) is 0.850. The molecule has 2 heterocycles. The number of aromatic nitrogens is 3. The van der Waals surface area contributed by atoms with E-state index in [1.165, 1.54) is 10.9 Å². The molecule has 1 saturated carbocycles. The molecule has 0 radical (unpaired) electrons. The van der Waals surface area contributed by atoms with Crippen LogP contribution in [-0.4, -0.2) is 50.5 Å². The van der Waals surface area contributed by atoms with Crippen LogP contribution in [0.2, 0.25) is 0 Å². The van der Waals surface area contributed by atoms with Crippen LogP contribution in [0.4, 0.5) is 4.39 Å². The molecule has 1 aromatic heterocycles. The van der Waals surface area contributed by atoms with Gasteiger partial charge in [0.15, 0.2) is 5.69 Å². The highest BCUT2D eigenvalue weighted by Crippen LogP contribution is 2.44. The Balaban J connectivity index is 1.59. The van der Waals surface area contributed by atoms with Gasteiger partial charge in [-0.25, -0.2) is 9.07 Å². The van der Waals surface area contributed by atoms with Gasteiger partial charge in [0.05, 0.1) is 30.7 Å². The minimum Gasteiger partial charge on any atom is -0.364 e. The molecule has 2 fully saturated rings. The first kappa shape index (κ1) is 18.6. The minimum atomic E-state index is -1.07. The van der Waals surface area contributed by atoms with E-state index >= 15 is 0 Å². The maximum absolute atomic E-state index is 14.3. The van der Waals surface area contributed by atoms with Gasteiger partial charge in [-0.1, -0.05) is 48.4 Å². The van der Waals surface area contributed by atoms with Crippen LogP contribution in [0, 0.1) is 0 Å². The van der Waals surface area contributed by atoms with E-state index in [0.717, 1.165) is 31.2 Å². The standard InChI is InChI=1S/C20H24FN5O2/c21-15-10-16(12-25-13-17(18(22)27)23-24-25)26(11-15)19(28)20(8-4-5-9-20)14-6-2-1-3-7-14/h1-3,6-7,13,15-16H,4-5,8-12H2,(H2,22,27). The maximum Gasteiger partial charge on any atom is 0.270 e. The van der Waals surface area contributed by atoms with Crippen molar-refractivity contribution >= 4 is 11.8 Å². The van der Waals surface area contributed by atoms with Crippen molar-refractivity contribution in [3.8, 4) is 0 Å². The van der Waals surface area contributed by atoms with Crippen LogP contribution in [0.25, 0.3) is 0 Å². The third-order valence-electron chi connectivity index (χ3n) is 6.01. The third-order valence-corrected chi connectivity index (χ3v) is 6.01. The van der Waals surface area contributed by atoms with Gasteiger partial charge in [-0.15, -0.1) is 5.10 Å². The van der Waals surface area contributed by atoms with Gasteiger partial charge in [0.25, 0.3) is 5.91 Å². The monoisotopic (exact) mass is 385 g/mol. The second-order valence-electron chi connectivity index (χ2n) is 7.79. The lowest BCUT2D eigenvalue weighted by Crippen LogP contribution is -2.48. The zero-order valence-electron chi connectivity index (χ0n) is 15.6. The van der Waals surface area contributed by atoms with Crippen molar-refractivity contribution in [1.82, 2.24) is 19.9 Å². The van der Waals surface area contributed by atoms with Gasteiger partial charge in [-0.05, 0) is 18.4 Å². The molecule has 2 unspecified atom stereocenters. The summed E-state index contributed by atoms with van der Waals surface area (Å²) in [6, 6.07) is 9.50. The third kappa shape index (κ3) is 3.27. The van der Waals surface area contributed by atoms with Crippen molar-refractivity contribution < 1.29 is 14.0 Å². The van der Waals surface area contributed by atoms with Crippen LogP contribution in [0.3, 0.4) is 0 Å². The van der Waals surface area contributed by atoms with Gasteiger partial charge in [0.1, 0.15) is 6.17 Å². The van der Waals surface area contributed by atoms with Crippen LogP contribution in [0.1, 0.15) is 48.2 Å². The summed E-state index contributed by atoms with van der Waals surface area (Å²) >= 11 is 0. The number of primary amides is 1. The SMILES string of the molecule is NC(=O)c1cn(CC2CC(F)CN2C(=O)C2(c3ccccc3)CCCC2)nn1. The fourth-order valence-corrected chi connectivity index (χ4v) is 4.63. The van der Waals surface area contributed by atoms with Crippen molar-refractivity contribution in [2.75, 3.05) is 6.54 Å². The van der Waals surface area contributed by atoms with E-state index < -0.39 is 17.5 Å². The summed E-state index contributed by atoms with van der Waals surface area (Å²) in [5, 5.41) is 7.62. The first-order chi connectivity index (χ1) is 13.5. The second-order valence-corrected chi connectivity index (χ2v) is 7.79. The van der Waals surface area contributed by atoms with Crippen molar-refractivity contribution in [1.29, 1.82) is 0 Å². The molecular weight excluding hydrogens is 361 g/mol. The van der Waals surface area contributed by atoms with Crippen molar-refractivity contribution in [2.24, 2.45) is 5.73 Å². The molecule has 28 heavy (non-hydrogen) atoms. The Morgan fingerprint density at radius 2 is 1.93 bits per heavy atom. The molecule has 148 valence electrons. The highest BCUT2D eigenvalue weighted by atomic mass is 19.1. The van der Waals surface area contributed by atoms with Gasteiger partial charge in [0, 0.05) is 6.42 Å². The molecule has 2 aromatic rings. The number of nitrogens with zero attached hydrogens (tertiary/aromatic N) is 4. The smallest absolute Gasteiger partial charge is 0.270 e. The largest absolute Gasteiger partial charge is 0.364 e. The molecule has 7 nitrogen and oxygen atoms in total. The first-order valence-corrected chi connectivity index (χ1v) is 9.70. The van der Waals surface area contributed by atoms with Crippen molar-refractivity contribution in [3.63, 3.8) is 0 Å². The molecule has 2 amide bonds. The summed E-state index contributed by atoms with van der Waals surface area (Å²) in [7, 11) is 0. The normalized spacial score (nSPS) is 23.8. The molecule has 2 aliphatic rings. The van der Waals surface area contributed by atoms with E-state index in [-0.39, 0.29) is 37.2 Å². The Morgan fingerprint density at radius 1 is 1.21 bits per heavy atom. The molecular formula is C20H24FN5O2. The van der Waals surface area contributed by atoms with E-state index in [2.05, 4.69) is 10.3 Å². The Hall–Kier alpha value is -2.77. The first-order valence-electron chi connectivity index (χ1n) is 9.70. The predicted molar refractivity (Wildman–Crippen MR) is 100 cm³/mol. The number of alkyl halides is 1. The number of carbonyl (C=O) groups excluding carboxylic acids is 2. The number of carbonyl (C=O) groups is 2. The number of hydrogen-bond donors (Lipinski definition) is 1. The Labute approximate surface area is 162 Å². The summed E-state index contributed by atoms with van der Waals surface area (Å²) in [5.74, 6) is -0.667. The van der Waals surface area contributed by atoms with Crippen LogP contribution in [0.15, 0.2) is 36.5 Å². The highest BCUT2D eigenvalue weighted by Gasteiger charge is 2.48. The van der Waals surface area contributed by atoms with E-state index in [4.69, 9.17) is 5.73 Å². The lowest BCUT2D eigenvalue weighted by molar-refractivity contribution is -0.138. The summed E-state index contributed by atoms with van der Waals surface area (Å²) in [4.78, 5) is 26.6. The van der Waals surface area contributed by atoms with E-state index in [1.807, 2.05) is 30.3 Å². The van der Waals surface area contributed by atoms with Gasteiger partial charge < -0.3 is 10.6 Å². The number of halogens is 1. The van der Waals surface area contributed by atoms with Gasteiger partial charge in [0.2, 0.25) is 5.91 Å². The van der Waals surface area contributed by atoms with Crippen LogP contribution >= 0.6 is 0 Å². The van der Waals surface area contributed by atoms with E-state index in [1.54, 1.807) is 4.90 Å². The van der Waals surface area contributed by atoms with Gasteiger partial charge >= 0.3 is 0 Å². The molecule has 1 saturated heterocycles. The number of nitrogens with two attached hydrogens (primary N) is 1. The number of hydrogen-bond acceptors (Lipinski definition) is 4. The van der Waals surface area contributed by atoms with Crippen molar-refractivity contribution in [3.05, 3.63) is 47.8 Å². The maximum atomic E-state index is 14.3. The predicted octanol–water partition coefficient (Wildman–Crippen LogP) is 1.83. The molecule has 4 rings (SSSR count). The lowest BCUT2D eigenvalue weighted by Gasteiger charge is -2.35. The molecule has 1 aromatic carbocycles. The van der Waals surface area contributed by atoms with Crippen LogP contribution in [-0.2, 0) is 16.8 Å². The zero-order chi connectivity index (χ0) is 19.7. The molecule has 0 spiro atoms.